The summed E-state index contributed by atoms with van der Waals surface area (Å²) in [5.74, 6) is 1.04. The second-order valence-electron chi connectivity index (χ2n) is 5.17. The molecule has 0 saturated heterocycles. The van der Waals surface area contributed by atoms with Gasteiger partial charge in [0.2, 0.25) is 0 Å². The van der Waals surface area contributed by atoms with Crippen LogP contribution >= 0.6 is 0 Å². The molecule has 1 fully saturated rings. The number of methoxy groups -OCH3 is 1. The summed E-state index contributed by atoms with van der Waals surface area (Å²) in [6.07, 6.45) is 5.06. The van der Waals surface area contributed by atoms with Crippen molar-refractivity contribution in [3.8, 4) is 5.75 Å². The van der Waals surface area contributed by atoms with Gasteiger partial charge in [0.25, 0.3) is 0 Å². The largest absolute Gasteiger partial charge is 0.496 e. The van der Waals surface area contributed by atoms with Gasteiger partial charge >= 0.3 is 0 Å². The van der Waals surface area contributed by atoms with Crippen LogP contribution in [0.2, 0.25) is 0 Å². The third-order valence-electron chi connectivity index (χ3n) is 3.64. The fraction of sp³-hybridized carbons (Fsp3) is 0.600. The monoisotopic (exact) mass is 233 g/mol. The normalized spacial score (nSPS) is 16.8. The van der Waals surface area contributed by atoms with Gasteiger partial charge in [0.05, 0.1) is 7.11 Å². The minimum absolute atomic E-state index is 0.504. The van der Waals surface area contributed by atoms with Crippen LogP contribution in [0.25, 0.3) is 0 Å². The van der Waals surface area contributed by atoms with Crippen LogP contribution in [-0.4, -0.2) is 20.2 Å². The van der Waals surface area contributed by atoms with Gasteiger partial charge in [-0.15, -0.1) is 0 Å². The Morgan fingerprint density at radius 1 is 1.29 bits per heavy atom. The molecule has 0 aromatic heterocycles. The third kappa shape index (κ3) is 3.22. The molecule has 1 saturated carbocycles. The molecule has 2 rings (SSSR count). The van der Waals surface area contributed by atoms with Gasteiger partial charge in [-0.05, 0) is 49.3 Å². The fourth-order valence-corrected chi connectivity index (χ4v) is 2.38. The van der Waals surface area contributed by atoms with Crippen molar-refractivity contribution in [1.82, 2.24) is 5.32 Å². The Labute approximate surface area is 104 Å². The molecule has 0 spiro atoms. The first-order valence-electron chi connectivity index (χ1n) is 6.62. The smallest absolute Gasteiger partial charge is 0.122 e. The molecule has 17 heavy (non-hydrogen) atoms. The highest BCUT2D eigenvalue weighted by atomic mass is 16.5. The summed E-state index contributed by atoms with van der Waals surface area (Å²) >= 11 is 0. The van der Waals surface area contributed by atoms with Gasteiger partial charge in [0, 0.05) is 6.54 Å². The summed E-state index contributed by atoms with van der Waals surface area (Å²) in [5.41, 5.74) is 1.86. The van der Waals surface area contributed by atoms with Crippen LogP contribution in [0.15, 0.2) is 24.3 Å². The summed E-state index contributed by atoms with van der Waals surface area (Å²) in [6.45, 7) is 4.50. The van der Waals surface area contributed by atoms with E-state index in [1.165, 1.54) is 24.8 Å². The van der Waals surface area contributed by atoms with Crippen molar-refractivity contribution in [1.29, 1.82) is 0 Å². The lowest BCUT2D eigenvalue weighted by Crippen LogP contribution is -2.26. The summed E-state index contributed by atoms with van der Waals surface area (Å²) in [4.78, 5) is 0. The van der Waals surface area contributed by atoms with Crippen molar-refractivity contribution in [2.45, 2.75) is 32.6 Å². The van der Waals surface area contributed by atoms with Crippen LogP contribution in [0.4, 0.5) is 0 Å². The lowest BCUT2D eigenvalue weighted by molar-refractivity contribution is 0.396. The van der Waals surface area contributed by atoms with E-state index >= 15 is 0 Å². The second-order valence-corrected chi connectivity index (χ2v) is 5.17. The van der Waals surface area contributed by atoms with E-state index in [0.29, 0.717) is 5.41 Å². The molecule has 0 bridgehead atoms. The molecule has 0 atom stereocenters. The van der Waals surface area contributed by atoms with Crippen molar-refractivity contribution < 1.29 is 4.74 Å². The molecule has 0 unspecified atom stereocenters. The molecule has 0 aliphatic heterocycles. The third-order valence-corrected chi connectivity index (χ3v) is 3.64. The highest BCUT2D eigenvalue weighted by molar-refractivity contribution is 5.34. The molecule has 2 nitrogen and oxygen atoms in total. The zero-order chi connectivity index (χ0) is 12.1. The molecule has 0 radical (unpaired) electrons. The van der Waals surface area contributed by atoms with E-state index in [0.717, 1.165) is 25.3 Å². The van der Waals surface area contributed by atoms with Crippen LogP contribution in [0.3, 0.4) is 0 Å². The van der Waals surface area contributed by atoms with E-state index in [-0.39, 0.29) is 0 Å². The number of para-hydroxylation sites is 1. The average molecular weight is 233 g/mol. The Morgan fingerprint density at radius 3 is 2.71 bits per heavy atom. The SMILES string of the molecule is CCCNCC1(Cc2ccccc2OC)CC1. The minimum atomic E-state index is 0.504. The van der Waals surface area contributed by atoms with E-state index in [1.807, 2.05) is 6.07 Å². The highest BCUT2D eigenvalue weighted by Gasteiger charge is 2.42. The summed E-state index contributed by atoms with van der Waals surface area (Å²) < 4.78 is 5.42. The topological polar surface area (TPSA) is 21.3 Å². The van der Waals surface area contributed by atoms with Crippen LogP contribution in [-0.2, 0) is 6.42 Å². The molecule has 2 heteroatoms. The zero-order valence-electron chi connectivity index (χ0n) is 11.0. The first-order chi connectivity index (χ1) is 8.29. The molecule has 1 aliphatic rings. The first-order valence-corrected chi connectivity index (χ1v) is 6.62. The molecule has 94 valence electrons. The number of hydrogen-bond acceptors (Lipinski definition) is 2. The van der Waals surface area contributed by atoms with Crippen LogP contribution in [0.5, 0.6) is 5.75 Å². The van der Waals surface area contributed by atoms with Gasteiger partial charge in [0.1, 0.15) is 5.75 Å². The van der Waals surface area contributed by atoms with Gasteiger partial charge in [-0.1, -0.05) is 25.1 Å². The Balaban J connectivity index is 1.95. The maximum absolute atomic E-state index is 5.42. The van der Waals surface area contributed by atoms with E-state index in [9.17, 15) is 0 Å². The number of benzene rings is 1. The number of rotatable bonds is 7. The van der Waals surface area contributed by atoms with Crippen molar-refractivity contribution in [2.24, 2.45) is 5.41 Å². The predicted molar refractivity (Wildman–Crippen MR) is 71.5 cm³/mol. The van der Waals surface area contributed by atoms with E-state index in [1.54, 1.807) is 7.11 Å². The van der Waals surface area contributed by atoms with Crippen molar-refractivity contribution in [3.05, 3.63) is 29.8 Å². The van der Waals surface area contributed by atoms with Crippen molar-refractivity contribution in [2.75, 3.05) is 20.2 Å². The van der Waals surface area contributed by atoms with Gasteiger partial charge < -0.3 is 10.1 Å². The standard InChI is InChI=1S/C15H23NO/c1-3-10-16-12-15(8-9-15)11-13-6-4-5-7-14(13)17-2/h4-7,16H,3,8-12H2,1-2H3. The lowest BCUT2D eigenvalue weighted by Gasteiger charge is -2.17. The maximum atomic E-state index is 5.42. The predicted octanol–water partition coefficient (Wildman–Crippen LogP) is 3.02. The molecular formula is C15H23NO. The van der Waals surface area contributed by atoms with Crippen molar-refractivity contribution in [3.63, 3.8) is 0 Å². The molecule has 1 aliphatic carbocycles. The molecule has 1 N–H and O–H groups in total. The average Bonchev–Trinajstić information content (AvgIpc) is 3.10. The quantitative estimate of drug-likeness (QED) is 0.731. The summed E-state index contributed by atoms with van der Waals surface area (Å²) in [6, 6.07) is 8.40. The minimum Gasteiger partial charge on any atom is -0.496 e. The van der Waals surface area contributed by atoms with Crippen LogP contribution in [0, 0.1) is 5.41 Å². The molecule has 0 heterocycles. The molecule has 0 amide bonds. The van der Waals surface area contributed by atoms with Crippen LogP contribution < -0.4 is 10.1 Å². The Bertz CT molecular complexity index is 358. The highest BCUT2D eigenvalue weighted by Crippen LogP contribution is 2.48. The number of ether oxygens (including phenoxy) is 1. The van der Waals surface area contributed by atoms with E-state index < -0.39 is 0 Å². The fourth-order valence-electron chi connectivity index (χ4n) is 2.38. The zero-order valence-corrected chi connectivity index (χ0v) is 11.0. The molecule has 1 aromatic carbocycles. The van der Waals surface area contributed by atoms with Crippen molar-refractivity contribution >= 4 is 0 Å². The number of hydrogen-bond donors (Lipinski definition) is 1. The second kappa shape index (κ2) is 5.54. The van der Waals surface area contributed by atoms with Gasteiger partial charge in [-0.3, -0.25) is 0 Å². The Morgan fingerprint density at radius 2 is 2.06 bits per heavy atom. The molecule has 1 aromatic rings. The summed E-state index contributed by atoms with van der Waals surface area (Å²) in [5, 5.41) is 3.55. The van der Waals surface area contributed by atoms with Gasteiger partial charge in [-0.2, -0.15) is 0 Å². The lowest BCUT2D eigenvalue weighted by atomic mass is 9.95. The van der Waals surface area contributed by atoms with E-state index in [4.69, 9.17) is 4.74 Å². The first kappa shape index (κ1) is 12.4. The molecular weight excluding hydrogens is 210 g/mol. The Kier molecular flexibility index (Phi) is 4.06. The van der Waals surface area contributed by atoms with Crippen LogP contribution in [0.1, 0.15) is 31.7 Å². The van der Waals surface area contributed by atoms with E-state index in [2.05, 4.69) is 30.4 Å². The Hall–Kier alpha value is -1.02. The summed E-state index contributed by atoms with van der Waals surface area (Å²) in [7, 11) is 1.76. The maximum Gasteiger partial charge on any atom is 0.122 e. The van der Waals surface area contributed by atoms with Gasteiger partial charge in [0.15, 0.2) is 0 Å². The van der Waals surface area contributed by atoms with Gasteiger partial charge in [-0.25, -0.2) is 0 Å². The number of nitrogens with one attached hydrogen (secondary N) is 1.